The summed E-state index contributed by atoms with van der Waals surface area (Å²) in [5.74, 6) is 1.04. The Morgan fingerprint density at radius 3 is 2.78 bits per heavy atom. The summed E-state index contributed by atoms with van der Waals surface area (Å²) in [6.45, 7) is 6.19. The van der Waals surface area contributed by atoms with E-state index in [9.17, 15) is 0 Å². The highest BCUT2D eigenvalue weighted by molar-refractivity contribution is 5.85. The summed E-state index contributed by atoms with van der Waals surface area (Å²) in [5, 5.41) is 0. The van der Waals surface area contributed by atoms with Crippen molar-refractivity contribution in [3.8, 4) is 0 Å². The molecule has 2 heterocycles. The van der Waals surface area contributed by atoms with Crippen LogP contribution in [0.2, 0.25) is 0 Å². The lowest BCUT2D eigenvalue weighted by molar-refractivity contribution is 0.326. The van der Waals surface area contributed by atoms with Gasteiger partial charge in [-0.1, -0.05) is 6.07 Å². The number of hydrogen-bond acceptors (Lipinski definition) is 4. The van der Waals surface area contributed by atoms with Crippen molar-refractivity contribution in [3.05, 3.63) is 23.9 Å². The van der Waals surface area contributed by atoms with Crippen molar-refractivity contribution in [2.45, 2.75) is 25.9 Å². The number of nitrogens with zero attached hydrogens (tertiary/aromatic N) is 3. The van der Waals surface area contributed by atoms with Gasteiger partial charge in [-0.05, 0) is 25.0 Å². The first kappa shape index (κ1) is 15.2. The second-order valence-corrected chi connectivity index (χ2v) is 4.82. The third-order valence-corrected chi connectivity index (χ3v) is 3.39. The monoisotopic (exact) mass is 270 g/mol. The molecule has 1 aromatic rings. The van der Waals surface area contributed by atoms with E-state index >= 15 is 0 Å². The third-order valence-electron chi connectivity index (χ3n) is 3.39. The van der Waals surface area contributed by atoms with E-state index in [1.807, 2.05) is 6.20 Å². The van der Waals surface area contributed by atoms with Gasteiger partial charge in [0.1, 0.15) is 5.82 Å². The topological polar surface area (TPSA) is 45.4 Å². The highest BCUT2D eigenvalue weighted by Gasteiger charge is 2.18. The van der Waals surface area contributed by atoms with Crippen molar-refractivity contribution >= 4 is 18.2 Å². The Balaban J connectivity index is 0.00000162. The zero-order valence-corrected chi connectivity index (χ0v) is 12.0. The van der Waals surface area contributed by atoms with Gasteiger partial charge < -0.3 is 10.6 Å². The molecule has 0 aliphatic carbocycles. The van der Waals surface area contributed by atoms with Crippen LogP contribution in [-0.2, 0) is 6.54 Å². The van der Waals surface area contributed by atoms with Crippen LogP contribution in [0.25, 0.3) is 0 Å². The van der Waals surface area contributed by atoms with Crippen LogP contribution in [0.3, 0.4) is 0 Å². The number of nitrogens with two attached hydrogens (primary N) is 1. The quantitative estimate of drug-likeness (QED) is 0.901. The summed E-state index contributed by atoms with van der Waals surface area (Å²) in [5.41, 5.74) is 7.17. The van der Waals surface area contributed by atoms with Gasteiger partial charge in [-0.15, -0.1) is 12.4 Å². The second kappa shape index (κ2) is 6.92. The number of hydrogen-bond donors (Lipinski definition) is 1. The summed E-state index contributed by atoms with van der Waals surface area (Å²) >= 11 is 0. The molecule has 0 saturated carbocycles. The molecule has 5 heteroatoms. The van der Waals surface area contributed by atoms with E-state index < -0.39 is 0 Å². The van der Waals surface area contributed by atoms with Gasteiger partial charge in [-0.25, -0.2) is 4.98 Å². The van der Waals surface area contributed by atoms with Gasteiger partial charge in [-0.3, -0.25) is 4.90 Å². The van der Waals surface area contributed by atoms with Crippen LogP contribution >= 0.6 is 12.4 Å². The van der Waals surface area contributed by atoms with Gasteiger partial charge in [0.15, 0.2) is 0 Å². The molecule has 18 heavy (non-hydrogen) atoms. The van der Waals surface area contributed by atoms with Crippen molar-refractivity contribution in [1.82, 2.24) is 9.88 Å². The summed E-state index contributed by atoms with van der Waals surface area (Å²) < 4.78 is 0. The summed E-state index contributed by atoms with van der Waals surface area (Å²) in [4.78, 5) is 9.01. The predicted octanol–water partition coefficient (Wildman–Crippen LogP) is 1.49. The average Bonchev–Trinajstić information content (AvgIpc) is 2.75. The zero-order valence-electron chi connectivity index (χ0n) is 11.2. The van der Waals surface area contributed by atoms with E-state index in [0.717, 1.165) is 38.4 Å². The van der Waals surface area contributed by atoms with E-state index in [1.165, 1.54) is 5.56 Å². The van der Waals surface area contributed by atoms with Crippen LogP contribution in [-0.4, -0.2) is 42.6 Å². The Morgan fingerprint density at radius 1 is 1.50 bits per heavy atom. The largest absolute Gasteiger partial charge is 0.360 e. The molecule has 1 aromatic heterocycles. The fraction of sp³-hybridized carbons (Fsp3) is 0.615. The normalized spacial score (nSPS) is 19.6. The smallest absolute Gasteiger partial charge is 0.128 e. The molecule has 1 atom stereocenters. The highest BCUT2D eigenvalue weighted by atomic mass is 35.5. The molecule has 0 amide bonds. The van der Waals surface area contributed by atoms with Crippen molar-refractivity contribution in [2.75, 3.05) is 31.6 Å². The third kappa shape index (κ3) is 3.83. The summed E-state index contributed by atoms with van der Waals surface area (Å²) in [7, 11) is 2.06. The number of rotatable bonds is 4. The van der Waals surface area contributed by atoms with Gasteiger partial charge in [0, 0.05) is 45.5 Å². The Hall–Kier alpha value is -0.840. The maximum absolute atomic E-state index is 5.90. The molecule has 4 nitrogen and oxygen atoms in total. The van der Waals surface area contributed by atoms with Crippen LogP contribution in [0.4, 0.5) is 5.82 Å². The van der Waals surface area contributed by atoms with Crippen LogP contribution in [0.1, 0.15) is 18.9 Å². The van der Waals surface area contributed by atoms with Gasteiger partial charge in [0.05, 0.1) is 0 Å². The van der Waals surface area contributed by atoms with E-state index in [-0.39, 0.29) is 12.4 Å². The average molecular weight is 271 g/mol. The second-order valence-electron chi connectivity index (χ2n) is 4.82. The molecule has 2 N–H and O–H groups in total. The van der Waals surface area contributed by atoms with E-state index in [1.54, 1.807) is 0 Å². The molecule has 0 aromatic carbocycles. The lowest BCUT2D eigenvalue weighted by Crippen LogP contribution is -2.26. The standard InChI is InChI=1S/C13H22N4.ClH/c1-3-16(2)13-5-4-11(8-15-13)9-17-7-6-12(14)10-17;/h4-5,8,12H,3,6-7,9-10,14H2,1-2H3;1H. The molecule has 0 spiro atoms. The van der Waals surface area contributed by atoms with Crippen molar-refractivity contribution < 1.29 is 0 Å². The maximum Gasteiger partial charge on any atom is 0.128 e. The SMILES string of the molecule is CCN(C)c1ccc(CN2CCC(N)C2)cn1.Cl. The van der Waals surface area contributed by atoms with Crippen LogP contribution in [0, 0.1) is 0 Å². The first-order chi connectivity index (χ1) is 8.19. The minimum Gasteiger partial charge on any atom is -0.360 e. The minimum absolute atomic E-state index is 0. The molecule has 1 aliphatic rings. The van der Waals surface area contributed by atoms with E-state index in [2.05, 4.69) is 40.9 Å². The van der Waals surface area contributed by atoms with E-state index in [4.69, 9.17) is 5.73 Å². The fourth-order valence-electron chi connectivity index (χ4n) is 2.16. The number of aromatic nitrogens is 1. The molecular formula is C13H23ClN4. The number of pyridine rings is 1. The Kier molecular flexibility index (Phi) is 5.85. The molecule has 0 radical (unpaired) electrons. The highest BCUT2D eigenvalue weighted by Crippen LogP contribution is 2.14. The Morgan fingerprint density at radius 2 is 2.28 bits per heavy atom. The summed E-state index contributed by atoms with van der Waals surface area (Å²) in [6, 6.07) is 4.61. The first-order valence-corrected chi connectivity index (χ1v) is 6.33. The molecule has 1 fully saturated rings. The van der Waals surface area contributed by atoms with Crippen LogP contribution in [0.15, 0.2) is 18.3 Å². The van der Waals surface area contributed by atoms with Crippen molar-refractivity contribution in [2.24, 2.45) is 5.73 Å². The van der Waals surface area contributed by atoms with Gasteiger partial charge in [0.25, 0.3) is 0 Å². The predicted molar refractivity (Wildman–Crippen MR) is 78.3 cm³/mol. The lowest BCUT2D eigenvalue weighted by Gasteiger charge is -2.17. The summed E-state index contributed by atoms with van der Waals surface area (Å²) in [6.07, 6.45) is 3.09. The number of halogens is 1. The molecule has 0 bridgehead atoms. The Labute approximate surface area is 116 Å². The van der Waals surface area contributed by atoms with E-state index in [0.29, 0.717) is 6.04 Å². The van der Waals surface area contributed by atoms with Gasteiger partial charge >= 0.3 is 0 Å². The minimum atomic E-state index is 0. The Bertz CT molecular complexity index is 355. The molecule has 1 aliphatic heterocycles. The maximum atomic E-state index is 5.90. The molecule has 2 rings (SSSR count). The van der Waals surface area contributed by atoms with Crippen molar-refractivity contribution in [3.63, 3.8) is 0 Å². The molecule has 1 unspecified atom stereocenters. The number of likely N-dealkylation sites (tertiary alicyclic amines) is 1. The first-order valence-electron chi connectivity index (χ1n) is 6.33. The molecular weight excluding hydrogens is 248 g/mol. The zero-order chi connectivity index (χ0) is 12.3. The lowest BCUT2D eigenvalue weighted by atomic mass is 10.2. The van der Waals surface area contributed by atoms with Crippen LogP contribution < -0.4 is 10.6 Å². The van der Waals surface area contributed by atoms with Gasteiger partial charge in [-0.2, -0.15) is 0 Å². The van der Waals surface area contributed by atoms with Crippen molar-refractivity contribution in [1.29, 1.82) is 0 Å². The molecule has 1 saturated heterocycles. The van der Waals surface area contributed by atoms with Gasteiger partial charge in [0.2, 0.25) is 0 Å². The van der Waals surface area contributed by atoms with Crippen LogP contribution in [0.5, 0.6) is 0 Å². The molecule has 102 valence electrons. The fourth-order valence-corrected chi connectivity index (χ4v) is 2.16. The number of anilines is 1.